The lowest BCUT2D eigenvalue weighted by molar-refractivity contribution is -0.131. The molecule has 0 saturated carbocycles. The van der Waals surface area contributed by atoms with Crippen LogP contribution in [0.4, 0.5) is 0 Å². The first-order valence-corrected chi connectivity index (χ1v) is 6.55. The molecule has 1 heterocycles. The molecule has 0 bridgehead atoms. The number of hydrogen-bond acceptors (Lipinski definition) is 7. The molecule has 2 aromatic rings. The van der Waals surface area contributed by atoms with E-state index in [4.69, 9.17) is 9.47 Å². The predicted molar refractivity (Wildman–Crippen MR) is 78.3 cm³/mol. The van der Waals surface area contributed by atoms with E-state index in [9.17, 15) is 14.4 Å². The van der Waals surface area contributed by atoms with Crippen LogP contribution in [0.3, 0.4) is 0 Å². The zero-order valence-corrected chi connectivity index (χ0v) is 12.4. The fraction of sp³-hybridized carbons (Fsp3) is 0.125. The molecular weight excluding hydrogens is 302 g/mol. The molecule has 23 heavy (non-hydrogen) atoms. The monoisotopic (exact) mass is 315 g/mol. The molecule has 2 rings (SSSR count). The Balaban J connectivity index is 2.30. The van der Waals surface area contributed by atoms with Crippen molar-refractivity contribution in [2.75, 3.05) is 7.11 Å². The van der Waals surface area contributed by atoms with Crippen LogP contribution >= 0.6 is 0 Å². The Labute approximate surface area is 131 Å². The molecule has 1 aromatic heterocycles. The third kappa shape index (κ3) is 3.91. The molecule has 0 amide bonds. The molecule has 0 aliphatic rings. The number of methoxy groups -OCH3 is 1. The summed E-state index contributed by atoms with van der Waals surface area (Å²) < 4.78 is 14.8. The number of para-hydroxylation sites is 1. The first kappa shape index (κ1) is 16.2. The van der Waals surface area contributed by atoms with Gasteiger partial charge in [0.2, 0.25) is 0 Å². The van der Waals surface area contributed by atoms with Gasteiger partial charge in [-0.1, -0.05) is 12.1 Å². The fourth-order valence-electron chi connectivity index (χ4n) is 1.77. The highest BCUT2D eigenvalue weighted by atomic mass is 16.6. The van der Waals surface area contributed by atoms with Crippen LogP contribution in [0.25, 0.3) is 0 Å². The number of hydrogen-bond donors (Lipinski definition) is 0. The van der Waals surface area contributed by atoms with Crippen LogP contribution in [0, 0.1) is 0 Å². The second kappa shape index (κ2) is 7.17. The minimum atomic E-state index is -0.779. The number of carbonyl (C=O) groups is 3. The molecular formula is C16H13NO6. The van der Waals surface area contributed by atoms with Crippen molar-refractivity contribution in [1.82, 2.24) is 4.98 Å². The summed E-state index contributed by atoms with van der Waals surface area (Å²) in [7, 11) is 1.21. The molecule has 1 aromatic carbocycles. The number of esters is 3. The van der Waals surface area contributed by atoms with Gasteiger partial charge in [-0.25, -0.2) is 9.59 Å². The van der Waals surface area contributed by atoms with Gasteiger partial charge in [0.05, 0.1) is 7.11 Å². The Morgan fingerprint density at radius 2 is 1.61 bits per heavy atom. The van der Waals surface area contributed by atoms with Crippen LogP contribution in [0.1, 0.15) is 27.6 Å². The first-order chi connectivity index (χ1) is 11.0. The van der Waals surface area contributed by atoms with E-state index in [2.05, 4.69) is 9.72 Å². The van der Waals surface area contributed by atoms with E-state index in [1.807, 2.05) is 0 Å². The van der Waals surface area contributed by atoms with Gasteiger partial charge in [-0.05, 0) is 12.1 Å². The van der Waals surface area contributed by atoms with Crippen molar-refractivity contribution in [3.05, 3.63) is 53.9 Å². The Bertz CT molecular complexity index is 756. The highest BCUT2D eigenvalue weighted by molar-refractivity contribution is 5.97. The minimum Gasteiger partial charge on any atom is -0.465 e. The molecule has 0 N–H and O–H groups in total. The molecule has 0 unspecified atom stereocenters. The predicted octanol–water partition coefficient (Wildman–Crippen LogP) is 2.01. The van der Waals surface area contributed by atoms with Gasteiger partial charge in [0.15, 0.2) is 0 Å². The van der Waals surface area contributed by atoms with Gasteiger partial charge in [-0.3, -0.25) is 9.78 Å². The standard InChI is InChI=1S/C16H13NO6/c1-10(18)22-13-6-4-3-5-11(13)16(20)23-14-7-8-17-9-12(14)15(19)21-2/h3-9H,1-2H3. The second-order valence-corrected chi connectivity index (χ2v) is 4.34. The molecule has 7 nitrogen and oxygen atoms in total. The van der Waals surface area contributed by atoms with E-state index >= 15 is 0 Å². The number of aromatic nitrogens is 1. The first-order valence-electron chi connectivity index (χ1n) is 6.55. The summed E-state index contributed by atoms with van der Waals surface area (Å²) in [5, 5.41) is 0. The lowest BCUT2D eigenvalue weighted by atomic mass is 10.2. The van der Waals surface area contributed by atoms with Crippen LogP contribution in [-0.4, -0.2) is 30.0 Å². The zero-order chi connectivity index (χ0) is 16.8. The summed E-state index contributed by atoms with van der Waals surface area (Å²) in [6, 6.07) is 7.47. The van der Waals surface area contributed by atoms with Gasteiger partial charge >= 0.3 is 17.9 Å². The summed E-state index contributed by atoms with van der Waals surface area (Å²) in [6.45, 7) is 1.22. The van der Waals surface area contributed by atoms with Crippen molar-refractivity contribution in [2.45, 2.75) is 6.92 Å². The Morgan fingerprint density at radius 3 is 2.30 bits per heavy atom. The van der Waals surface area contributed by atoms with Crippen LogP contribution < -0.4 is 9.47 Å². The quantitative estimate of drug-likeness (QED) is 0.629. The Hall–Kier alpha value is -3.22. The highest BCUT2D eigenvalue weighted by Crippen LogP contribution is 2.23. The summed E-state index contributed by atoms with van der Waals surface area (Å²) in [5.41, 5.74) is 0.0589. The molecule has 0 aliphatic carbocycles. The van der Waals surface area contributed by atoms with Gasteiger partial charge in [0, 0.05) is 25.4 Å². The largest absolute Gasteiger partial charge is 0.465 e. The molecule has 0 spiro atoms. The molecule has 0 radical (unpaired) electrons. The van der Waals surface area contributed by atoms with Crippen molar-refractivity contribution in [1.29, 1.82) is 0 Å². The van der Waals surface area contributed by atoms with Gasteiger partial charge in [0.25, 0.3) is 0 Å². The summed E-state index contributed by atoms with van der Waals surface area (Å²) in [6.07, 6.45) is 2.60. The number of rotatable bonds is 4. The summed E-state index contributed by atoms with van der Waals surface area (Å²) in [4.78, 5) is 38.8. The van der Waals surface area contributed by atoms with Gasteiger partial charge in [0.1, 0.15) is 22.6 Å². The lowest BCUT2D eigenvalue weighted by Crippen LogP contribution is -2.14. The maximum Gasteiger partial charge on any atom is 0.347 e. The van der Waals surface area contributed by atoms with E-state index in [1.54, 1.807) is 12.1 Å². The van der Waals surface area contributed by atoms with Crippen molar-refractivity contribution in [2.24, 2.45) is 0 Å². The van der Waals surface area contributed by atoms with E-state index in [0.717, 1.165) is 0 Å². The van der Waals surface area contributed by atoms with E-state index in [0.29, 0.717) is 0 Å². The molecule has 0 saturated heterocycles. The highest BCUT2D eigenvalue weighted by Gasteiger charge is 2.20. The maximum absolute atomic E-state index is 12.3. The van der Waals surface area contributed by atoms with Crippen molar-refractivity contribution in [3.63, 3.8) is 0 Å². The SMILES string of the molecule is COC(=O)c1cnccc1OC(=O)c1ccccc1OC(C)=O. The molecule has 7 heteroatoms. The zero-order valence-electron chi connectivity index (χ0n) is 12.4. The van der Waals surface area contributed by atoms with E-state index in [1.165, 1.54) is 44.6 Å². The summed E-state index contributed by atoms with van der Waals surface area (Å²) in [5.74, 6) is -1.97. The van der Waals surface area contributed by atoms with E-state index in [-0.39, 0.29) is 22.6 Å². The fourth-order valence-corrected chi connectivity index (χ4v) is 1.77. The third-order valence-electron chi connectivity index (χ3n) is 2.75. The van der Waals surface area contributed by atoms with Gasteiger partial charge in [-0.2, -0.15) is 0 Å². The van der Waals surface area contributed by atoms with Crippen molar-refractivity contribution in [3.8, 4) is 11.5 Å². The molecule has 118 valence electrons. The Kier molecular flexibility index (Phi) is 5.03. The van der Waals surface area contributed by atoms with Crippen molar-refractivity contribution < 1.29 is 28.6 Å². The average Bonchev–Trinajstić information content (AvgIpc) is 2.54. The second-order valence-electron chi connectivity index (χ2n) is 4.34. The third-order valence-corrected chi connectivity index (χ3v) is 2.75. The number of nitrogens with zero attached hydrogens (tertiary/aromatic N) is 1. The Morgan fingerprint density at radius 1 is 0.913 bits per heavy atom. The average molecular weight is 315 g/mol. The lowest BCUT2D eigenvalue weighted by Gasteiger charge is -2.10. The summed E-state index contributed by atoms with van der Waals surface area (Å²) >= 11 is 0. The van der Waals surface area contributed by atoms with Gasteiger partial charge < -0.3 is 14.2 Å². The smallest absolute Gasteiger partial charge is 0.347 e. The van der Waals surface area contributed by atoms with Crippen LogP contribution in [0.5, 0.6) is 11.5 Å². The maximum atomic E-state index is 12.3. The van der Waals surface area contributed by atoms with Crippen LogP contribution in [0.2, 0.25) is 0 Å². The van der Waals surface area contributed by atoms with Crippen LogP contribution in [-0.2, 0) is 9.53 Å². The molecule has 0 atom stereocenters. The van der Waals surface area contributed by atoms with Gasteiger partial charge in [-0.15, -0.1) is 0 Å². The molecule has 0 fully saturated rings. The number of carbonyl (C=O) groups excluding carboxylic acids is 3. The number of pyridine rings is 1. The van der Waals surface area contributed by atoms with Crippen molar-refractivity contribution >= 4 is 17.9 Å². The number of benzene rings is 1. The normalized spacial score (nSPS) is 9.83. The molecule has 0 aliphatic heterocycles. The number of ether oxygens (including phenoxy) is 3. The minimum absolute atomic E-state index is 0.00511. The van der Waals surface area contributed by atoms with Crippen LogP contribution in [0.15, 0.2) is 42.7 Å². The topological polar surface area (TPSA) is 91.8 Å². The van der Waals surface area contributed by atoms with E-state index < -0.39 is 17.9 Å².